The average Bonchev–Trinajstić information content (AvgIpc) is 2.97. The lowest BCUT2D eigenvalue weighted by Gasteiger charge is -2.31. The van der Waals surface area contributed by atoms with E-state index < -0.39 is 0 Å². The Morgan fingerprint density at radius 3 is 2.50 bits per heavy atom. The molecule has 0 N–H and O–H groups in total. The molecule has 1 fully saturated rings. The molecule has 16 heavy (non-hydrogen) atoms. The summed E-state index contributed by atoms with van der Waals surface area (Å²) in [5.74, 6) is 1.19. The molecule has 0 aromatic heterocycles. The molecule has 1 saturated carbocycles. The van der Waals surface area contributed by atoms with Gasteiger partial charge in [0, 0.05) is 11.0 Å². The van der Waals surface area contributed by atoms with Gasteiger partial charge in [-0.05, 0) is 30.2 Å². The quantitative estimate of drug-likeness (QED) is 0.641. The normalized spacial score (nSPS) is 21.4. The second kappa shape index (κ2) is 3.03. The van der Waals surface area contributed by atoms with E-state index in [4.69, 9.17) is 4.74 Å². The van der Waals surface area contributed by atoms with E-state index in [-0.39, 0.29) is 5.41 Å². The van der Waals surface area contributed by atoms with Crippen LogP contribution in [0.25, 0.3) is 0 Å². The molecule has 1 heterocycles. The van der Waals surface area contributed by atoms with Crippen molar-refractivity contribution in [1.82, 2.24) is 0 Å². The van der Waals surface area contributed by atoms with Gasteiger partial charge in [0.05, 0.1) is 6.61 Å². The first-order chi connectivity index (χ1) is 7.53. The lowest BCUT2D eigenvalue weighted by Crippen LogP contribution is -2.23. The third-order valence-electron chi connectivity index (χ3n) is 4.07. The minimum absolute atomic E-state index is 0.179. The maximum absolute atomic E-state index is 5.96. The molecule has 1 aromatic carbocycles. The van der Waals surface area contributed by atoms with E-state index in [2.05, 4.69) is 39.0 Å². The van der Waals surface area contributed by atoms with Gasteiger partial charge in [0.15, 0.2) is 0 Å². The molecule has 0 unspecified atom stereocenters. The van der Waals surface area contributed by atoms with Gasteiger partial charge < -0.3 is 4.74 Å². The molecule has 3 rings (SSSR count). The third-order valence-corrected chi connectivity index (χ3v) is 4.07. The maximum atomic E-state index is 5.96. The molecular weight excluding hydrogens is 196 g/mol. The van der Waals surface area contributed by atoms with Gasteiger partial charge in [-0.15, -0.1) is 0 Å². The zero-order valence-electron chi connectivity index (χ0n) is 10.5. The van der Waals surface area contributed by atoms with Crippen LogP contribution in [0.2, 0.25) is 0 Å². The summed E-state index contributed by atoms with van der Waals surface area (Å²) in [5, 5.41) is 0. The maximum Gasteiger partial charge on any atom is 0.126 e. The van der Waals surface area contributed by atoms with E-state index in [0.717, 1.165) is 6.61 Å². The van der Waals surface area contributed by atoms with E-state index >= 15 is 0 Å². The first-order valence-corrected chi connectivity index (χ1v) is 6.30. The van der Waals surface area contributed by atoms with Gasteiger partial charge in [-0.3, -0.25) is 0 Å². The van der Waals surface area contributed by atoms with Crippen molar-refractivity contribution in [3.63, 3.8) is 0 Å². The summed E-state index contributed by atoms with van der Waals surface area (Å²) in [5.41, 5.74) is 3.52. The number of para-hydroxylation sites is 1. The Balaban J connectivity index is 2.16. The van der Waals surface area contributed by atoms with Crippen LogP contribution in [0.4, 0.5) is 0 Å². The van der Waals surface area contributed by atoms with Crippen LogP contribution in [0.15, 0.2) is 18.2 Å². The average molecular weight is 216 g/mol. The van der Waals surface area contributed by atoms with Gasteiger partial charge in [0.1, 0.15) is 5.75 Å². The fraction of sp³-hybridized carbons (Fsp3) is 0.600. The summed E-state index contributed by atoms with van der Waals surface area (Å²) in [6.45, 7) is 7.69. The predicted molar refractivity (Wildman–Crippen MR) is 66.2 cm³/mol. The van der Waals surface area contributed by atoms with Crippen molar-refractivity contribution >= 4 is 0 Å². The minimum atomic E-state index is 0.179. The molecule has 1 aliphatic heterocycles. The molecule has 0 radical (unpaired) electrons. The Morgan fingerprint density at radius 1 is 1.12 bits per heavy atom. The van der Waals surface area contributed by atoms with Gasteiger partial charge in [-0.1, -0.05) is 39.0 Å². The monoisotopic (exact) mass is 216 g/mol. The van der Waals surface area contributed by atoms with Crippen molar-refractivity contribution < 1.29 is 4.74 Å². The second-order valence-corrected chi connectivity index (χ2v) is 6.31. The Labute approximate surface area is 97.8 Å². The minimum Gasteiger partial charge on any atom is -0.493 e. The topological polar surface area (TPSA) is 9.23 Å². The molecule has 1 nitrogen and oxygen atoms in total. The zero-order valence-corrected chi connectivity index (χ0v) is 10.5. The van der Waals surface area contributed by atoms with Crippen molar-refractivity contribution in [2.45, 2.75) is 50.9 Å². The summed E-state index contributed by atoms with van der Waals surface area (Å²) in [7, 11) is 0. The molecule has 0 saturated heterocycles. The fourth-order valence-electron chi connectivity index (χ4n) is 2.85. The Morgan fingerprint density at radius 2 is 1.88 bits per heavy atom. The van der Waals surface area contributed by atoms with E-state index in [1.165, 1.54) is 36.1 Å². The molecule has 0 bridgehead atoms. The predicted octanol–water partition coefficient (Wildman–Crippen LogP) is 3.80. The molecule has 1 heteroatoms. The van der Waals surface area contributed by atoms with Crippen LogP contribution < -0.4 is 4.74 Å². The molecule has 0 atom stereocenters. The van der Waals surface area contributed by atoms with Crippen molar-refractivity contribution in [3.8, 4) is 5.75 Å². The van der Waals surface area contributed by atoms with Crippen LogP contribution in [-0.2, 0) is 10.8 Å². The Kier molecular flexibility index (Phi) is 1.93. The van der Waals surface area contributed by atoms with Crippen molar-refractivity contribution in [3.05, 3.63) is 29.3 Å². The highest BCUT2D eigenvalue weighted by molar-refractivity contribution is 5.52. The van der Waals surface area contributed by atoms with E-state index in [1.54, 1.807) is 0 Å². The second-order valence-electron chi connectivity index (χ2n) is 6.31. The third kappa shape index (κ3) is 1.37. The lowest BCUT2D eigenvalue weighted by atomic mass is 9.81. The first-order valence-electron chi connectivity index (χ1n) is 6.30. The molecule has 0 amide bonds. The number of benzene rings is 1. The lowest BCUT2D eigenvalue weighted by molar-refractivity contribution is 0.253. The van der Waals surface area contributed by atoms with Crippen molar-refractivity contribution in [2.75, 3.05) is 6.61 Å². The molecular formula is C15H20O. The van der Waals surface area contributed by atoms with Gasteiger partial charge in [0.2, 0.25) is 0 Å². The fourth-order valence-corrected chi connectivity index (χ4v) is 2.85. The highest BCUT2D eigenvalue weighted by Crippen LogP contribution is 2.57. The number of rotatable bonds is 0. The standard InChI is InChI=1S/C15H20O/c1-14(2,3)11-5-4-6-12-13(11)16-10-9-15(12)7-8-15/h4-6H,7-10H2,1-3H3. The number of hydrogen-bond acceptors (Lipinski definition) is 1. The number of ether oxygens (including phenoxy) is 1. The summed E-state index contributed by atoms with van der Waals surface area (Å²) in [6, 6.07) is 6.70. The van der Waals surface area contributed by atoms with Gasteiger partial charge in [0.25, 0.3) is 0 Å². The van der Waals surface area contributed by atoms with E-state index in [0.29, 0.717) is 5.41 Å². The summed E-state index contributed by atoms with van der Waals surface area (Å²) in [4.78, 5) is 0. The largest absolute Gasteiger partial charge is 0.493 e. The molecule has 2 aliphatic rings. The Bertz CT molecular complexity index is 407. The highest BCUT2D eigenvalue weighted by Gasteiger charge is 2.48. The van der Waals surface area contributed by atoms with Crippen LogP contribution in [0, 0.1) is 0 Å². The summed E-state index contributed by atoms with van der Waals surface area (Å²) in [6.07, 6.45) is 3.93. The Hall–Kier alpha value is -0.980. The highest BCUT2D eigenvalue weighted by atomic mass is 16.5. The van der Waals surface area contributed by atoms with E-state index in [9.17, 15) is 0 Å². The zero-order chi connectivity index (χ0) is 11.4. The van der Waals surface area contributed by atoms with Crippen LogP contribution in [0.1, 0.15) is 51.2 Å². The summed E-state index contributed by atoms with van der Waals surface area (Å²) >= 11 is 0. The molecule has 1 aromatic rings. The molecule has 1 aliphatic carbocycles. The molecule has 1 spiro atoms. The SMILES string of the molecule is CC(C)(C)c1cccc2c1OCCC21CC1. The smallest absolute Gasteiger partial charge is 0.126 e. The summed E-state index contributed by atoms with van der Waals surface area (Å²) < 4.78 is 5.96. The van der Waals surface area contributed by atoms with Gasteiger partial charge >= 0.3 is 0 Å². The molecule has 86 valence electrons. The van der Waals surface area contributed by atoms with Crippen LogP contribution in [0.3, 0.4) is 0 Å². The van der Waals surface area contributed by atoms with Crippen LogP contribution in [0.5, 0.6) is 5.75 Å². The van der Waals surface area contributed by atoms with Crippen molar-refractivity contribution in [1.29, 1.82) is 0 Å². The van der Waals surface area contributed by atoms with Gasteiger partial charge in [-0.25, -0.2) is 0 Å². The van der Waals surface area contributed by atoms with E-state index in [1.807, 2.05) is 0 Å². The van der Waals surface area contributed by atoms with Crippen LogP contribution >= 0.6 is 0 Å². The van der Waals surface area contributed by atoms with Gasteiger partial charge in [-0.2, -0.15) is 0 Å². The van der Waals surface area contributed by atoms with Crippen LogP contribution in [-0.4, -0.2) is 6.61 Å². The number of hydrogen-bond donors (Lipinski definition) is 0. The van der Waals surface area contributed by atoms with Crippen molar-refractivity contribution in [2.24, 2.45) is 0 Å². The number of fused-ring (bicyclic) bond motifs is 2. The first kappa shape index (κ1) is 10.2.